The smallest absolute Gasteiger partial charge is 0.228 e. The molecule has 1 aliphatic carbocycles. The van der Waals surface area contributed by atoms with E-state index >= 15 is 0 Å². The van der Waals surface area contributed by atoms with Gasteiger partial charge in [0.1, 0.15) is 0 Å². The van der Waals surface area contributed by atoms with Crippen molar-refractivity contribution in [3.63, 3.8) is 0 Å². The normalized spacial score (nSPS) is 23.1. The Kier molecular flexibility index (Phi) is 3.23. The zero-order valence-corrected chi connectivity index (χ0v) is 11.7. The van der Waals surface area contributed by atoms with Crippen LogP contribution in [-0.2, 0) is 4.79 Å². The Hall–Kier alpha value is -1.86. The molecule has 1 aliphatic heterocycles. The number of carbonyl (C=O) groups is 1. The van der Waals surface area contributed by atoms with E-state index in [9.17, 15) is 4.79 Å². The molecule has 1 saturated heterocycles. The molecule has 104 valence electrons. The fourth-order valence-electron chi connectivity index (χ4n) is 3.24. The standard InChI is InChI=1S/C16H19N3O/c1-11-2-3-12(10-17)8-14(11)19-15(20)13-9-16(13)4-6-18-7-5-16/h2-3,8,13,18H,4-7,9H2,1H3,(H,19,20). The van der Waals surface area contributed by atoms with Crippen LogP contribution in [0.3, 0.4) is 0 Å². The maximum absolute atomic E-state index is 12.4. The van der Waals surface area contributed by atoms with E-state index in [-0.39, 0.29) is 17.2 Å². The fourth-order valence-corrected chi connectivity index (χ4v) is 3.24. The summed E-state index contributed by atoms with van der Waals surface area (Å²) in [5, 5.41) is 15.3. The molecular formula is C16H19N3O. The molecule has 0 radical (unpaired) electrons. The number of aryl methyl sites for hydroxylation is 1. The second-order valence-electron chi connectivity index (χ2n) is 6.00. The van der Waals surface area contributed by atoms with Crippen LogP contribution in [0.5, 0.6) is 0 Å². The number of piperidine rings is 1. The first-order chi connectivity index (χ1) is 9.64. The van der Waals surface area contributed by atoms with Gasteiger partial charge in [-0.1, -0.05) is 6.07 Å². The molecule has 1 heterocycles. The molecule has 4 nitrogen and oxygen atoms in total. The molecule has 1 saturated carbocycles. The van der Waals surface area contributed by atoms with Crippen LogP contribution in [-0.4, -0.2) is 19.0 Å². The maximum Gasteiger partial charge on any atom is 0.228 e. The maximum atomic E-state index is 12.4. The van der Waals surface area contributed by atoms with Crippen molar-refractivity contribution in [3.8, 4) is 6.07 Å². The number of hydrogen-bond acceptors (Lipinski definition) is 3. The molecule has 2 N–H and O–H groups in total. The minimum atomic E-state index is 0.116. The average Bonchev–Trinajstić information content (AvgIpc) is 3.15. The summed E-state index contributed by atoms with van der Waals surface area (Å²) in [5.41, 5.74) is 2.59. The van der Waals surface area contributed by atoms with E-state index < -0.39 is 0 Å². The van der Waals surface area contributed by atoms with Crippen LogP contribution in [0.1, 0.15) is 30.4 Å². The van der Waals surface area contributed by atoms with Crippen LogP contribution in [0, 0.1) is 29.6 Å². The first kappa shape index (κ1) is 13.1. The molecule has 2 fully saturated rings. The second-order valence-corrected chi connectivity index (χ2v) is 6.00. The third-order valence-electron chi connectivity index (χ3n) is 4.73. The topological polar surface area (TPSA) is 64.9 Å². The highest BCUT2D eigenvalue weighted by molar-refractivity contribution is 5.95. The number of carbonyl (C=O) groups excluding carboxylic acids is 1. The monoisotopic (exact) mass is 269 g/mol. The summed E-state index contributed by atoms with van der Waals surface area (Å²) >= 11 is 0. The summed E-state index contributed by atoms with van der Waals surface area (Å²) in [7, 11) is 0. The molecule has 3 rings (SSSR count). The van der Waals surface area contributed by atoms with E-state index in [1.54, 1.807) is 12.1 Å². The van der Waals surface area contributed by atoms with Gasteiger partial charge in [-0.25, -0.2) is 0 Å². The number of nitriles is 1. The van der Waals surface area contributed by atoms with Gasteiger partial charge in [0, 0.05) is 11.6 Å². The van der Waals surface area contributed by atoms with Gasteiger partial charge in [0.2, 0.25) is 5.91 Å². The summed E-state index contributed by atoms with van der Waals surface area (Å²) in [6.45, 7) is 3.99. The van der Waals surface area contributed by atoms with E-state index in [1.807, 2.05) is 13.0 Å². The van der Waals surface area contributed by atoms with Gasteiger partial charge in [0.25, 0.3) is 0 Å². The van der Waals surface area contributed by atoms with E-state index in [1.165, 1.54) is 0 Å². The third kappa shape index (κ3) is 2.30. The van der Waals surface area contributed by atoms with Gasteiger partial charge in [0.05, 0.1) is 11.6 Å². The largest absolute Gasteiger partial charge is 0.326 e. The predicted molar refractivity (Wildman–Crippen MR) is 77.2 cm³/mol. The minimum Gasteiger partial charge on any atom is -0.326 e. The summed E-state index contributed by atoms with van der Waals surface area (Å²) in [6, 6.07) is 7.52. The fraction of sp³-hybridized carbons (Fsp3) is 0.500. The molecule has 4 heteroatoms. The van der Waals surface area contributed by atoms with Gasteiger partial charge in [-0.3, -0.25) is 4.79 Å². The highest BCUT2D eigenvalue weighted by Crippen LogP contribution is 2.58. The van der Waals surface area contributed by atoms with E-state index in [2.05, 4.69) is 16.7 Å². The number of benzene rings is 1. The van der Waals surface area contributed by atoms with Crippen LogP contribution < -0.4 is 10.6 Å². The summed E-state index contributed by atoms with van der Waals surface area (Å²) in [4.78, 5) is 12.4. The zero-order valence-electron chi connectivity index (χ0n) is 11.7. The van der Waals surface area contributed by atoms with Gasteiger partial charge >= 0.3 is 0 Å². The lowest BCUT2D eigenvalue weighted by Crippen LogP contribution is -2.31. The first-order valence-electron chi connectivity index (χ1n) is 7.17. The van der Waals surface area contributed by atoms with Crippen molar-refractivity contribution in [3.05, 3.63) is 29.3 Å². The molecular weight excluding hydrogens is 250 g/mol. The molecule has 1 aromatic rings. The van der Waals surface area contributed by atoms with Crippen molar-refractivity contribution in [2.24, 2.45) is 11.3 Å². The summed E-state index contributed by atoms with van der Waals surface area (Å²) < 4.78 is 0. The Morgan fingerprint density at radius 1 is 1.45 bits per heavy atom. The minimum absolute atomic E-state index is 0.116. The average molecular weight is 269 g/mol. The third-order valence-corrected chi connectivity index (χ3v) is 4.73. The number of anilines is 1. The van der Waals surface area contributed by atoms with Crippen molar-refractivity contribution < 1.29 is 4.79 Å². The lowest BCUT2D eigenvalue weighted by Gasteiger charge is -2.23. The Labute approximate surface area is 119 Å². The van der Waals surface area contributed by atoms with Crippen LogP contribution in [0.15, 0.2) is 18.2 Å². The number of hydrogen-bond donors (Lipinski definition) is 2. The number of amides is 1. The predicted octanol–water partition coefficient (Wildman–Crippen LogP) is 2.19. The van der Waals surface area contributed by atoms with E-state index in [4.69, 9.17) is 5.26 Å². The first-order valence-corrected chi connectivity index (χ1v) is 7.17. The van der Waals surface area contributed by atoms with Gasteiger partial charge in [-0.15, -0.1) is 0 Å². The molecule has 20 heavy (non-hydrogen) atoms. The van der Waals surface area contributed by atoms with Crippen LogP contribution in [0.4, 0.5) is 5.69 Å². The van der Waals surface area contributed by atoms with Crippen molar-refractivity contribution in [1.82, 2.24) is 5.32 Å². The molecule has 1 aromatic carbocycles. The molecule has 0 bridgehead atoms. The van der Waals surface area contributed by atoms with Gasteiger partial charge < -0.3 is 10.6 Å². The number of nitrogens with zero attached hydrogens (tertiary/aromatic N) is 1. The van der Waals surface area contributed by atoms with E-state index in [0.29, 0.717) is 5.56 Å². The molecule has 2 aliphatic rings. The molecule has 1 amide bonds. The van der Waals surface area contributed by atoms with Crippen molar-refractivity contribution >= 4 is 11.6 Å². The highest BCUT2D eigenvalue weighted by atomic mass is 16.2. The Morgan fingerprint density at radius 2 is 2.20 bits per heavy atom. The van der Waals surface area contributed by atoms with Crippen LogP contribution in [0.25, 0.3) is 0 Å². The highest BCUT2D eigenvalue weighted by Gasteiger charge is 2.57. The van der Waals surface area contributed by atoms with Gasteiger partial charge in [-0.2, -0.15) is 5.26 Å². The summed E-state index contributed by atoms with van der Waals surface area (Å²) in [5.74, 6) is 0.264. The second kappa shape index (κ2) is 4.92. The molecule has 1 atom stereocenters. The quantitative estimate of drug-likeness (QED) is 0.865. The Balaban J connectivity index is 1.70. The number of nitrogens with one attached hydrogen (secondary N) is 2. The molecule has 1 unspecified atom stereocenters. The van der Waals surface area contributed by atoms with Crippen LogP contribution in [0.2, 0.25) is 0 Å². The van der Waals surface area contributed by atoms with E-state index in [0.717, 1.165) is 43.6 Å². The van der Waals surface area contributed by atoms with Crippen molar-refractivity contribution in [1.29, 1.82) is 5.26 Å². The lowest BCUT2D eigenvalue weighted by atomic mass is 9.91. The van der Waals surface area contributed by atoms with Crippen LogP contribution >= 0.6 is 0 Å². The zero-order chi connectivity index (χ0) is 14.2. The molecule has 1 spiro atoms. The van der Waals surface area contributed by atoms with Crippen molar-refractivity contribution in [2.75, 3.05) is 18.4 Å². The van der Waals surface area contributed by atoms with Gasteiger partial charge in [0.15, 0.2) is 0 Å². The SMILES string of the molecule is Cc1ccc(C#N)cc1NC(=O)C1CC12CCNCC2. The Bertz CT molecular complexity index is 582. The van der Waals surface area contributed by atoms with Gasteiger partial charge in [-0.05, 0) is 62.4 Å². The number of rotatable bonds is 2. The van der Waals surface area contributed by atoms with Crippen molar-refractivity contribution in [2.45, 2.75) is 26.2 Å². The summed E-state index contributed by atoms with van der Waals surface area (Å²) in [6.07, 6.45) is 3.21. The molecule has 0 aromatic heterocycles. The lowest BCUT2D eigenvalue weighted by molar-refractivity contribution is -0.118. The Morgan fingerprint density at radius 3 is 2.90 bits per heavy atom.